The average Bonchev–Trinajstić information content (AvgIpc) is 3.44. The van der Waals surface area contributed by atoms with Crippen LogP contribution >= 0.6 is 23.2 Å². The molecule has 2 aliphatic heterocycles. The number of benzene rings is 2. The van der Waals surface area contributed by atoms with Crippen molar-refractivity contribution >= 4 is 40.7 Å². The van der Waals surface area contributed by atoms with Crippen molar-refractivity contribution in [2.45, 2.75) is 99.8 Å². The quantitative estimate of drug-likeness (QED) is 0.332. The molecular weight excluding hydrogens is 592 g/mol. The summed E-state index contributed by atoms with van der Waals surface area (Å²) in [6, 6.07) is 9.10. The number of rotatable bonds is 5. The molecule has 2 amide bonds. The SMILES string of the molecule is CO[C@]1(CO)CC[C@@H](NC(=O)[C@@H]2NC3(CCC(C)(C)CC3)[C@@]3(C(=O)Nc4cc(Cl)ccc43)[C@H]2c2cccc(Cl)c2F)CC1. The standard InChI is InChI=1S/C33H40Cl2FN3O4/c1-30(2)13-15-32(16-14-30)33(22-8-7-19(34)17-24(22)38-29(33)42)25(21-5-4-6-23(35)26(21)36)27(39-32)28(41)37-20-9-11-31(18-40,43-3)12-10-20/h4-8,17,20,25,27,39-40H,9-16,18H2,1-3H3,(H,37,41)(H,38,42)/t20-,25-,27+,31-,33+/m0/s1. The van der Waals surface area contributed by atoms with Gasteiger partial charge in [0, 0.05) is 35.3 Å². The van der Waals surface area contributed by atoms with Gasteiger partial charge in [0.2, 0.25) is 11.8 Å². The molecule has 0 unspecified atom stereocenters. The van der Waals surface area contributed by atoms with E-state index >= 15 is 4.39 Å². The van der Waals surface area contributed by atoms with Crippen molar-refractivity contribution in [3.8, 4) is 0 Å². The summed E-state index contributed by atoms with van der Waals surface area (Å²) in [6.07, 6.45) is 5.41. The van der Waals surface area contributed by atoms with E-state index < -0.39 is 34.3 Å². The molecule has 2 aromatic carbocycles. The molecule has 3 atom stereocenters. The Morgan fingerprint density at radius 3 is 2.44 bits per heavy atom. The van der Waals surface area contributed by atoms with Crippen molar-refractivity contribution in [3.63, 3.8) is 0 Å². The highest BCUT2D eigenvalue weighted by molar-refractivity contribution is 6.31. The van der Waals surface area contributed by atoms with Crippen molar-refractivity contribution in [2.75, 3.05) is 19.0 Å². The van der Waals surface area contributed by atoms with Gasteiger partial charge in [-0.05, 0) is 86.1 Å². The van der Waals surface area contributed by atoms with Crippen molar-refractivity contribution < 1.29 is 23.8 Å². The molecule has 0 bridgehead atoms. The predicted molar refractivity (Wildman–Crippen MR) is 165 cm³/mol. The molecule has 7 nitrogen and oxygen atoms in total. The number of amides is 2. The first kappa shape index (κ1) is 30.8. The third-order valence-corrected chi connectivity index (χ3v) is 11.5. The number of hydrogen-bond donors (Lipinski definition) is 4. The summed E-state index contributed by atoms with van der Waals surface area (Å²) in [7, 11) is 1.60. The van der Waals surface area contributed by atoms with Gasteiger partial charge in [-0.15, -0.1) is 0 Å². The highest BCUT2D eigenvalue weighted by Gasteiger charge is 2.73. The molecule has 4 N–H and O–H groups in total. The van der Waals surface area contributed by atoms with Crippen LogP contribution in [0.3, 0.4) is 0 Å². The van der Waals surface area contributed by atoms with Crippen LogP contribution in [-0.4, -0.2) is 53.9 Å². The van der Waals surface area contributed by atoms with Gasteiger partial charge >= 0.3 is 0 Å². The average molecular weight is 633 g/mol. The molecule has 3 fully saturated rings. The van der Waals surface area contributed by atoms with Crippen LogP contribution in [0.2, 0.25) is 10.0 Å². The van der Waals surface area contributed by atoms with Gasteiger partial charge in [0.05, 0.1) is 23.3 Å². The van der Waals surface area contributed by atoms with Crippen molar-refractivity contribution in [1.29, 1.82) is 0 Å². The molecule has 232 valence electrons. The zero-order valence-corrected chi connectivity index (χ0v) is 26.4. The Hall–Kier alpha value is -2.23. The second-order valence-electron chi connectivity index (χ2n) is 13.8. The van der Waals surface area contributed by atoms with E-state index in [9.17, 15) is 14.7 Å². The fourth-order valence-corrected chi connectivity index (χ4v) is 8.78. The Labute approximate surface area is 262 Å². The number of aliphatic hydroxyl groups is 1. The van der Waals surface area contributed by atoms with Crippen LogP contribution in [0.4, 0.5) is 10.1 Å². The molecule has 1 saturated heterocycles. The highest BCUT2D eigenvalue weighted by Crippen LogP contribution is 2.64. The zero-order chi connectivity index (χ0) is 30.8. The Kier molecular flexibility index (Phi) is 7.86. The van der Waals surface area contributed by atoms with E-state index in [2.05, 4.69) is 29.8 Å². The monoisotopic (exact) mass is 631 g/mol. The number of hydrogen-bond acceptors (Lipinski definition) is 5. The van der Waals surface area contributed by atoms with Gasteiger partial charge in [-0.2, -0.15) is 0 Å². The number of carbonyl (C=O) groups excluding carboxylic acids is 2. The van der Waals surface area contributed by atoms with Gasteiger partial charge in [0.1, 0.15) is 11.2 Å². The van der Waals surface area contributed by atoms with Crippen LogP contribution in [-0.2, 0) is 19.7 Å². The molecule has 43 heavy (non-hydrogen) atoms. The molecule has 6 rings (SSSR count). The fourth-order valence-electron chi connectivity index (χ4n) is 8.42. The largest absolute Gasteiger partial charge is 0.393 e. The Bertz CT molecular complexity index is 1430. The van der Waals surface area contributed by atoms with E-state index in [1.165, 1.54) is 6.07 Å². The number of halogens is 3. The number of carbonyl (C=O) groups is 2. The lowest BCUT2D eigenvalue weighted by Crippen LogP contribution is -2.61. The summed E-state index contributed by atoms with van der Waals surface area (Å²) in [5.74, 6) is -2.04. The number of aliphatic hydroxyl groups excluding tert-OH is 1. The van der Waals surface area contributed by atoms with E-state index in [1.54, 1.807) is 31.4 Å². The third kappa shape index (κ3) is 4.80. The maximum Gasteiger partial charge on any atom is 0.238 e. The molecular formula is C33H40Cl2FN3O4. The van der Waals surface area contributed by atoms with Gasteiger partial charge in [-0.3, -0.25) is 14.9 Å². The maximum atomic E-state index is 16.1. The molecule has 2 saturated carbocycles. The topological polar surface area (TPSA) is 99.7 Å². The van der Waals surface area contributed by atoms with Gasteiger partial charge in [0.25, 0.3) is 0 Å². The zero-order valence-electron chi connectivity index (χ0n) is 24.9. The number of methoxy groups -OCH3 is 1. The minimum Gasteiger partial charge on any atom is -0.393 e. The Morgan fingerprint density at radius 2 is 1.79 bits per heavy atom. The first-order chi connectivity index (χ1) is 20.4. The van der Waals surface area contributed by atoms with Crippen molar-refractivity contribution in [3.05, 3.63) is 63.4 Å². The summed E-state index contributed by atoms with van der Waals surface area (Å²) < 4.78 is 21.7. The van der Waals surface area contributed by atoms with Crippen molar-refractivity contribution in [2.24, 2.45) is 5.41 Å². The summed E-state index contributed by atoms with van der Waals surface area (Å²) >= 11 is 12.7. The number of anilines is 1. The summed E-state index contributed by atoms with van der Waals surface area (Å²) in [4.78, 5) is 29.0. The van der Waals surface area contributed by atoms with E-state index in [0.29, 0.717) is 49.2 Å². The second-order valence-corrected chi connectivity index (χ2v) is 14.6. The Morgan fingerprint density at radius 1 is 1.09 bits per heavy atom. The van der Waals surface area contributed by atoms with E-state index in [4.69, 9.17) is 27.9 Å². The van der Waals surface area contributed by atoms with Gasteiger partial charge in [-0.1, -0.05) is 55.2 Å². The molecule has 4 aliphatic rings. The minimum absolute atomic E-state index is 0.0561. The highest BCUT2D eigenvalue weighted by atomic mass is 35.5. The number of nitrogens with one attached hydrogen (secondary N) is 3. The molecule has 0 radical (unpaired) electrons. The van der Waals surface area contributed by atoms with Crippen LogP contribution in [0, 0.1) is 11.2 Å². The predicted octanol–water partition coefficient (Wildman–Crippen LogP) is 5.85. The van der Waals surface area contributed by atoms with Gasteiger partial charge in [-0.25, -0.2) is 4.39 Å². The molecule has 2 heterocycles. The maximum absolute atomic E-state index is 16.1. The van der Waals surface area contributed by atoms with Gasteiger partial charge in [0.15, 0.2) is 0 Å². The lowest BCUT2D eigenvalue weighted by atomic mass is 9.53. The van der Waals surface area contributed by atoms with Crippen molar-refractivity contribution in [1.82, 2.24) is 10.6 Å². The van der Waals surface area contributed by atoms with Crippen LogP contribution in [0.25, 0.3) is 0 Å². The normalized spacial score (nSPS) is 32.5. The molecule has 10 heteroatoms. The lowest BCUT2D eigenvalue weighted by molar-refractivity contribution is -0.125. The fraction of sp³-hybridized carbons (Fsp3) is 0.576. The summed E-state index contributed by atoms with van der Waals surface area (Å²) in [5.41, 5.74) is -1.10. The number of fused-ring (bicyclic) bond motifs is 3. The first-order valence-corrected chi connectivity index (χ1v) is 16.0. The van der Waals surface area contributed by atoms with Crippen LogP contribution in [0.15, 0.2) is 36.4 Å². The second kappa shape index (κ2) is 11.0. The third-order valence-electron chi connectivity index (χ3n) is 11.0. The molecule has 2 aliphatic carbocycles. The lowest BCUT2D eigenvalue weighted by Gasteiger charge is -2.50. The Balaban J connectivity index is 1.48. The van der Waals surface area contributed by atoms with E-state index in [0.717, 1.165) is 18.4 Å². The summed E-state index contributed by atoms with van der Waals surface area (Å²) in [5, 5.41) is 20.3. The van der Waals surface area contributed by atoms with Gasteiger partial charge < -0.3 is 20.5 Å². The van der Waals surface area contributed by atoms with E-state index in [-0.39, 0.29) is 40.5 Å². The molecule has 2 aromatic rings. The summed E-state index contributed by atoms with van der Waals surface area (Å²) in [6.45, 7) is 4.36. The smallest absolute Gasteiger partial charge is 0.238 e. The van der Waals surface area contributed by atoms with Crippen LogP contribution in [0.1, 0.15) is 82.3 Å². The molecule has 0 aromatic heterocycles. The van der Waals surface area contributed by atoms with Crippen LogP contribution in [0.5, 0.6) is 0 Å². The van der Waals surface area contributed by atoms with E-state index in [1.807, 2.05) is 6.07 Å². The van der Waals surface area contributed by atoms with Crippen LogP contribution < -0.4 is 16.0 Å². The minimum atomic E-state index is -1.29. The molecule has 2 spiro atoms. The number of ether oxygens (including phenoxy) is 1. The first-order valence-electron chi connectivity index (χ1n) is 15.2.